The van der Waals surface area contributed by atoms with E-state index in [4.69, 9.17) is 11.6 Å². The van der Waals surface area contributed by atoms with Crippen LogP contribution in [0.25, 0.3) is 10.9 Å². The standard InChI is InChI=1S/C28H26ClN7O3/c1-15-12-16(2)33-28(32-15)35-27(30-11-10-18-14-31-23-9-8-19(29)13-22(18)23)34-24(37)17(3)36-25(38)20-6-4-5-7-21(20)26(36)39/h4-9,12-14,17,31H,10-11H2,1-3H3,(H2,30,32,33,34,35,37)/t17-/m0/s1. The molecule has 2 aromatic heterocycles. The van der Waals surface area contributed by atoms with Crippen LogP contribution in [0.15, 0.2) is 59.7 Å². The van der Waals surface area contributed by atoms with Gasteiger partial charge in [0.2, 0.25) is 17.8 Å². The van der Waals surface area contributed by atoms with Crippen molar-refractivity contribution in [1.29, 1.82) is 0 Å². The van der Waals surface area contributed by atoms with Crippen LogP contribution in [0.4, 0.5) is 5.95 Å². The number of benzene rings is 2. The highest BCUT2D eigenvalue weighted by Crippen LogP contribution is 2.25. The second kappa shape index (κ2) is 10.7. The number of rotatable bonds is 6. The number of hydrogen-bond acceptors (Lipinski definition) is 6. The van der Waals surface area contributed by atoms with E-state index in [0.717, 1.165) is 32.8 Å². The fourth-order valence-corrected chi connectivity index (χ4v) is 4.71. The van der Waals surface area contributed by atoms with Crippen LogP contribution in [0.2, 0.25) is 5.02 Å². The first-order valence-electron chi connectivity index (χ1n) is 12.4. The molecule has 0 saturated carbocycles. The normalized spacial score (nSPS) is 14.1. The molecule has 3 amide bonds. The lowest BCUT2D eigenvalue weighted by atomic mass is 10.1. The van der Waals surface area contributed by atoms with Crippen LogP contribution in [0.3, 0.4) is 0 Å². The maximum atomic E-state index is 13.3. The number of anilines is 1. The van der Waals surface area contributed by atoms with Crippen molar-refractivity contribution in [3.63, 3.8) is 0 Å². The molecule has 0 bridgehead atoms. The largest absolute Gasteiger partial charge is 0.361 e. The molecule has 4 aromatic rings. The van der Waals surface area contributed by atoms with Crippen LogP contribution in [0, 0.1) is 13.8 Å². The quantitative estimate of drug-likeness (QED) is 0.191. The number of aromatic nitrogens is 3. The molecule has 3 N–H and O–H groups in total. The van der Waals surface area contributed by atoms with Gasteiger partial charge in [-0.05, 0) is 69.2 Å². The first kappa shape index (κ1) is 26.1. The zero-order valence-corrected chi connectivity index (χ0v) is 22.3. The Morgan fingerprint density at radius 1 is 1.05 bits per heavy atom. The molecule has 11 heteroatoms. The van der Waals surface area contributed by atoms with Gasteiger partial charge in [-0.2, -0.15) is 0 Å². The Balaban J connectivity index is 1.36. The van der Waals surface area contributed by atoms with E-state index in [-0.39, 0.29) is 23.0 Å². The van der Waals surface area contributed by atoms with E-state index in [2.05, 4.69) is 30.6 Å². The van der Waals surface area contributed by atoms with E-state index in [1.54, 1.807) is 24.3 Å². The molecule has 0 spiro atoms. The van der Waals surface area contributed by atoms with Crippen molar-refractivity contribution in [1.82, 2.24) is 25.2 Å². The number of carbonyl (C=O) groups excluding carboxylic acids is 3. The van der Waals surface area contributed by atoms with Gasteiger partial charge in [-0.3, -0.25) is 34.9 Å². The van der Waals surface area contributed by atoms with Crippen LogP contribution in [0.5, 0.6) is 0 Å². The number of H-pyrrole nitrogens is 1. The molecule has 0 radical (unpaired) electrons. The molecule has 1 atom stereocenters. The zero-order chi connectivity index (χ0) is 27.7. The second-order valence-electron chi connectivity index (χ2n) is 9.27. The van der Waals surface area contributed by atoms with Crippen LogP contribution in [-0.2, 0) is 11.2 Å². The number of amides is 3. The number of aromatic amines is 1. The fourth-order valence-electron chi connectivity index (χ4n) is 4.54. The fraction of sp³-hybridized carbons (Fsp3) is 0.214. The van der Waals surface area contributed by atoms with Gasteiger partial charge in [0.1, 0.15) is 6.04 Å². The van der Waals surface area contributed by atoms with Gasteiger partial charge in [0, 0.05) is 40.1 Å². The Morgan fingerprint density at radius 2 is 1.72 bits per heavy atom. The number of nitrogens with zero attached hydrogens (tertiary/aromatic N) is 4. The lowest BCUT2D eigenvalue weighted by Gasteiger charge is -2.22. The maximum Gasteiger partial charge on any atom is 0.262 e. The molecule has 0 saturated heterocycles. The van der Waals surface area contributed by atoms with Crippen LogP contribution < -0.4 is 10.6 Å². The Hall–Kier alpha value is -4.57. The van der Waals surface area contributed by atoms with E-state index in [0.29, 0.717) is 18.0 Å². The Kier molecular flexibility index (Phi) is 7.12. The van der Waals surface area contributed by atoms with Crippen LogP contribution in [-0.4, -0.2) is 56.1 Å². The van der Waals surface area contributed by atoms with Gasteiger partial charge in [0.25, 0.3) is 11.8 Å². The Bertz CT molecular complexity index is 1590. The molecule has 198 valence electrons. The van der Waals surface area contributed by atoms with Gasteiger partial charge in [0.05, 0.1) is 11.1 Å². The third kappa shape index (κ3) is 5.37. The van der Waals surface area contributed by atoms with Crippen molar-refractivity contribution >= 4 is 52.1 Å². The molecule has 2 aromatic carbocycles. The molecular formula is C28H26ClN7O3. The number of guanidine groups is 1. The molecule has 1 aliphatic heterocycles. The highest BCUT2D eigenvalue weighted by Gasteiger charge is 2.40. The SMILES string of the molecule is Cc1cc(C)nc(NC(=NCCc2c[nH]c3ccc(Cl)cc23)NC(=O)[C@H](C)N2C(=O)c3ccccc3C2=O)n1. The van der Waals surface area contributed by atoms with Crippen LogP contribution in [0.1, 0.15) is 44.6 Å². The van der Waals surface area contributed by atoms with E-state index in [1.165, 1.54) is 6.92 Å². The predicted octanol–water partition coefficient (Wildman–Crippen LogP) is 4.04. The summed E-state index contributed by atoms with van der Waals surface area (Å²) in [6.07, 6.45) is 2.46. The molecule has 3 heterocycles. The molecule has 10 nitrogen and oxygen atoms in total. The van der Waals surface area contributed by atoms with Crippen molar-refractivity contribution in [2.75, 3.05) is 11.9 Å². The van der Waals surface area contributed by atoms with Gasteiger partial charge in [-0.25, -0.2) is 9.97 Å². The molecule has 1 aliphatic rings. The molecule has 5 rings (SSSR count). The summed E-state index contributed by atoms with van der Waals surface area (Å²) in [4.78, 5) is 56.5. The van der Waals surface area contributed by atoms with Gasteiger partial charge < -0.3 is 4.98 Å². The van der Waals surface area contributed by atoms with E-state index < -0.39 is 23.8 Å². The van der Waals surface area contributed by atoms with E-state index in [1.807, 2.05) is 44.3 Å². The summed E-state index contributed by atoms with van der Waals surface area (Å²) in [7, 11) is 0. The summed E-state index contributed by atoms with van der Waals surface area (Å²) >= 11 is 6.17. The summed E-state index contributed by atoms with van der Waals surface area (Å²) in [6.45, 7) is 5.48. The molecule has 0 aliphatic carbocycles. The number of nitrogens with one attached hydrogen (secondary N) is 3. The second-order valence-corrected chi connectivity index (χ2v) is 9.71. The summed E-state index contributed by atoms with van der Waals surface area (Å²) < 4.78 is 0. The molecule has 0 fully saturated rings. The minimum atomic E-state index is -1.08. The zero-order valence-electron chi connectivity index (χ0n) is 21.6. The molecular weight excluding hydrogens is 518 g/mol. The smallest absolute Gasteiger partial charge is 0.262 e. The highest BCUT2D eigenvalue weighted by molar-refractivity contribution is 6.31. The van der Waals surface area contributed by atoms with Gasteiger partial charge in [0.15, 0.2) is 0 Å². The van der Waals surface area contributed by atoms with Gasteiger partial charge in [-0.1, -0.05) is 23.7 Å². The van der Waals surface area contributed by atoms with Gasteiger partial charge in [-0.15, -0.1) is 0 Å². The number of carbonyl (C=O) groups is 3. The first-order chi connectivity index (χ1) is 18.7. The first-order valence-corrected chi connectivity index (χ1v) is 12.8. The number of hydrogen-bond donors (Lipinski definition) is 3. The topological polar surface area (TPSA) is 132 Å². The summed E-state index contributed by atoms with van der Waals surface area (Å²) in [5, 5.41) is 7.33. The average Bonchev–Trinajstić information content (AvgIpc) is 3.40. The number of aryl methyl sites for hydroxylation is 2. The van der Waals surface area contributed by atoms with Crippen molar-refractivity contribution in [2.24, 2.45) is 4.99 Å². The maximum absolute atomic E-state index is 13.3. The van der Waals surface area contributed by atoms with Crippen molar-refractivity contribution < 1.29 is 14.4 Å². The van der Waals surface area contributed by atoms with E-state index >= 15 is 0 Å². The average molecular weight is 544 g/mol. The molecule has 39 heavy (non-hydrogen) atoms. The lowest BCUT2D eigenvalue weighted by Crippen LogP contribution is -2.50. The predicted molar refractivity (Wildman–Crippen MR) is 149 cm³/mol. The van der Waals surface area contributed by atoms with E-state index in [9.17, 15) is 14.4 Å². The number of fused-ring (bicyclic) bond motifs is 2. The van der Waals surface area contributed by atoms with Gasteiger partial charge >= 0.3 is 0 Å². The number of halogens is 1. The lowest BCUT2D eigenvalue weighted by molar-refractivity contribution is -0.123. The third-order valence-corrected chi connectivity index (χ3v) is 6.66. The minimum absolute atomic E-state index is 0.103. The number of aliphatic imine (C=N–C) groups is 1. The monoisotopic (exact) mass is 543 g/mol. The summed E-state index contributed by atoms with van der Waals surface area (Å²) in [5.41, 5.74) is 4.01. The Labute approximate surface area is 229 Å². The summed E-state index contributed by atoms with van der Waals surface area (Å²) in [6, 6.07) is 12.9. The molecule has 0 unspecified atom stereocenters. The Morgan fingerprint density at radius 3 is 2.38 bits per heavy atom. The van der Waals surface area contributed by atoms with Crippen molar-refractivity contribution in [3.8, 4) is 0 Å². The van der Waals surface area contributed by atoms with Crippen LogP contribution >= 0.6 is 11.6 Å². The summed E-state index contributed by atoms with van der Waals surface area (Å²) in [5.74, 6) is -1.25. The van der Waals surface area contributed by atoms with Crippen molar-refractivity contribution in [3.05, 3.63) is 87.8 Å². The number of imide groups is 1. The minimum Gasteiger partial charge on any atom is -0.361 e. The highest BCUT2D eigenvalue weighted by atomic mass is 35.5. The van der Waals surface area contributed by atoms with Crippen molar-refractivity contribution in [2.45, 2.75) is 33.2 Å². The third-order valence-electron chi connectivity index (χ3n) is 6.43.